The molecule has 2 unspecified atom stereocenters. The molecule has 0 heterocycles. The molecule has 0 bridgehead atoms. The summed E-state index contributed by atoms with van der Waals surface area (Å²) in [6.45, 7) is 6.32. The van der Waals surface area contributed by atoms with E-state index in [4.69, 9.17) is 0 Å². The van der Waals surface area contributed by atoms with Crippen LogP contribution in [0.25, 0.3) is 0 Å². The minimum absolute atomic E-state index is 0.0414. The fourth-order valence-electron chi connectivity index (χ4n) is 2.24. The monoisotopic (exact) mass is 246 g/mol. The van der Waals surface area contributed by atoms with E-state index in [2.05, 4.69) is 31.4 Å². The van der Waals surface area contributed by atoms with Gasteiger partial charge in [-0.15, -0.1) is 0 Å². The summed E-state index contributed by atoms with van der Waals surface area (Å²) in [6.07, 6.45) is 2.28. The first-order chi connectivity index (χ1) is 8.61. The van der Waals surface area contributed by atoms with Crippen molar-refractivity contribution in [2.24, 2.45) is 5.92 Å². The standard InChI is InChI=1S/C15H22N2O/c1-4-11-9-14(11)17-15(18)12-7-5-6-8-13(12)16-10(2)3/h5-8,10-11,14,16H,4,9H2,1-3H3,(H,17,18). The van der Waals surface area contributed by atoms with Crippen molar-refractivity contribution in [3.05, 3.63) is 29.8 Å². The molecule has 1 aliphatic carbocycles. The Kier molecular flexibility index (Phi) is 3.90. The molecule has 98 valence electrons. The molecule has 1 saturated carbocycles. The molecule has 1 aromatic carbocycles. The summed E-state index contributed by atoms with van der Waals surface area (Å²) in [5, 5.41) is 6.42. The number of rotatable bonds is 5. The highest BCUT2D eigenvalue weighted by atomic mass is 16.1. The van der Waals surface area contributed by atoms with Gasteiger partial charge in [0.25, 0.3) is 5.91 Å². The number of para-hydroxylation sites is 1. The Balaban J connectivity index is 2.05. The highest BCUT2D eigenvalue weighted by Crippen LogP contribution is 2.33. The highest BCUT2D eigenvalue weighted by molar-refractivity contribution is 5.99. The summed E-state index contributed by atoms with van der Waals surface area (Å²) in [7, 11) is 0. The van der Waals surface area contributed by atoms with Crippen molar-refractivity contribution < 1.29 is 4.79 Å². The zero-order valence-corrected chi connectivity index (χ0v) is 11.4. The van der Waals surface area contributed by atoms with Crippen LogP contribution < -0.4 is 10.6 Å². The molecule has 0 saturated heterocycles. The van der Waals surface area contributed by atoms with Crippen molar-refractivity contribution in [3.63, 3.8) is 0 Å². The van der Waals surface area contributed by atoms with Gasteiger partial charge < -0.3 is 10.6 Å². The highest BCUT2D eigenvalue weighted by Gasteiger charge is 2.36. The zero-order chi connectivity index (χ0) is 13.1. The summed E-state index contributed by atoms with van der Waals surface area (Å²) in [5.74, 6) is 0.721. The second kappa shape index (κ2) is 5.42. The second-order valence-electron chi connectivity index (χ2n) is 5.33. The molecule has 1 fully saturated rings. The molecule has 1 aromatic rings. The van der Waals surface area contributed by atoms with E-state index in [0.717, 1.165) is 24.1 Å². The van der Waals surface area contributed by atoms with Gasteiger partial charge in [-0.25, -0.2) is 0 Å². The molecule has 1 amide bonds. The second-order valence-corrected chi connectivity index (χ2v) is 5.33. The topological polar surface area (TPSA) is 41.1 Å². The van der Waals surface area contributed by atoms with Gasteiger partial charge >= 0.3 is 0 Å². The van der Waals surface area contributed by atoms with E-state index in [1.165, 1.54) is 0 Å². The van der Waals surface area contributed by atoms with Gasteiger partial charge in [0.1, 0.15) is 0 Å². The molecule has 0 radical (unpaired) electrons. The van der Waals surface area contributed by atoms with Crippen LogP contribution >= 0.6 is 0 Å². The molecule has 0 aromatic heterocycles. The fourth-order valence-corrected chi connectivity index (χ4v) is 2.24. The minimum atomic E-state index is 0.0414. The summed E-state index contributed by atoms with van der Waals surface area (Å²) < 4.78 is 0. The van der Waals surface area contributed by atoms with E-state index in [-0.39, 0.29) is 5.91 Å². The number of carbonyl (C=O) groups excluding carboxylic acids is 1. The number of anilines is 1. The average Bonchev–Trinajstić information content (AvgIpc) is 3.07. The Morgan fingerprint density at radius 3 is 2.72 bits per heavy atom. The molecule has 2 N–H and O–H groups in total. The van der Waals surface area contributed by atoms with Crippen LogP contribution in [0, 0.1) is 5.92 Å². The van der Waals surface area contributed by atoms with Crippen molar-refractivity contribution in [1.29, 1.82) is 0 Å². The Hall–Kier alpha value is -1.51. The third kappa shape index (κ3) is 3.03. The smallest absolute Gasteiger partial charge is 0.253 e. The molecular weight excluding hydrogens is 224 g/mol. The molecule has 0 aliphatic heterocycles. The quantitative estimate of drug-likeness (QED) is 0.838. The maximum absolute atomic E-state index is 12.2. The molecular formula is C15H22N2O. The summed E-state index contributed by atoms with van der Waals surface area (Å²) >= 11 is 0. The first kappa shape index (κ1) is 12.9. The minimum Gasteiger partial charge on any atom is -0.382 e. The van der Waals surface area contributed by atoms with E-state index in [1.54, 1.807) is 0 Å². The first-order valence-electron chi connectivity index (χ1n) is 6.78. The van der Waals surface area contributed by atoms with E-state index in [1.807, 2.05) is 24.3 Å². The van der Waals surface area contributed by atoms with Gasteiger partial charge in [-0.3, -0.25) is 4.79 Å². The van der Waals surface area contributed by atoms with Crippen LogP contribution in [-0.2, 0) is 0 Å². The van der Waals surface area contributed by atoms with Crippen molar-refractivity contribution in [2.75, 3.05) is 5.32 Å². The van der Waals surface area contributed by atoms with Gasteiger partial charge in [-0.2, -0.15) is 0 Å². The Morgan fingerprint density at radius 2 is 2.11 bits per heavy atom. The Bertz CT molecular complexity index is 428. The van der Waals surface area contributed by atoms with E-state index in [9.17, 15) is 4.79 Å². The third-order valence-corrected chi connectivity index (χ3v) is 3.38. The van der Waals surface area contributed by atoms with Crippen molar-refractivity contribution >= 4 is 11.6 Å². The lowest BCUT2D eigenvalue weighted by atomic mass is 10.1. The van der Waals surface area contributed by atoms with E-state index >= 15 is 0 Å². The van der Waals surface area contributed by atoms with Gasteiger partial charge in [0.05, 0.1) is 5.56 Å². The summed E-state index contributed by atoms with van der Waals surface area (Å²) in [5.41, 5.74) is 1.66. The lowest BCUT2D eigenvalue weighted by Gasteiger charge is -2.14. The first-order valence-corrected chi connectivity index (χ1v) is 6.78. The maximum Gasteiger partial charge on any atom is 0.253 e. The molecule has 0 spiro atoms. The molecule has 2 atom stereocenters. The van der Waals surface area contributed by atoms with Gasteiger partial charge in [0, 0.05) is 17.8 Å². The van der Waals surface area contributed by atoms with Gasteiger partial charge in [-0.1, -0.05) is 25.5 Å². The van der Waals surface area contributed by atoms with Crippen LogP contribution in [-0.4, -0.2) is 18.0 Å². The normalized spacial score (nSPS) is 21.8. The van der Waals surface area contributed by atoms with Crippen molar-refractivity contribution in [1.82, 2.24) is 5.32 Å². The fraction of sp³-hybridized carbons (Fsp3) is 0.533. The molecule has 3 heteroatoms. The summed E-state index contributed by atoms with van der Waals surface area (Å²) in [6, 6.07) is 8.40. The number of benzene rings is 1. The van der Waals surface area contributed by atoms with Gasteiger partial charge in [0.2, 0.25) is 0 Å². The van der Waals surface area contributed by atoms with Crippen LogP contribution in [0.1, 0.15) is 44.0 Å². The lowest BCUT2D eigenvalue weighted by Crippen LogP contribution is -2.28. The van der Waals surface area contributed by atoms with Gasteiger partial charge in [0.15, 0.2) is 0 Å². The third-order valence-electron chi connectivity index (χ3n) is 3.38. The van der Waals surface area contributed by atoms with Crippen LogP contribution in [0.2, 0.25) is 0 Å². The number of nitrogens with one attached hydrogen (secondary N) is 2. The Labute approximate surface area is 109 Å². The predicted molar refractivity (Wildman–Crippen MR) is 74.9 cm³/mol. The number of hydrogen-bond acceptors (Lipinski definition) is 2. The van der Waals surface area contributed by atoms with E-state index < -0.39 is 0 Å². The SMILES string of the molecule is CCC1CC1NC(=O)c1ccccc1NC(C)C. The lowest BCUT2D eigenvalue weighted by molar-refractivity contribution is 0.0950. The van der Waals surface area contributed by atoms with E-state index in [0.29, 0.717) is 18.0 Å². The average molecular weight is 246 g/mol. The Morgan fingerprint density at radius 1 is 1.39 bits per heavy atom. The number of carbonyl (C=O) groups is 1. The number of hydrogen-bond donors (Lipinski definition) is 2. The molecule has 1 aliphatic rings. The predicted octanol–water partition coefficient (Wildman–Crippen LogP) is 3.04. The molecule has 3 nitrogen and oxygen atoms in total. The van der Waals surface area contributed by atoms with Crippen molar-refractivity contribution in [2.45, 2.75) is 45.7 Å². The van der Waals surface area contributed by atoms with Crippen molar-refractivity contribution in [3.8, 4) is 0 Å². The van der Waals surface area contributed by atoms with Gasteiger partial charge in [-0.05, 0) is 38.3 Å². The summed E-state index contributed by atoms with van der Waals surface area (Å²) in [4.78, 5) is 12.2. The van der Waals surface area contributed by atoms with Crippen LogP contribution in [0.15, 0.2) is 24.3 Å². The van der Waals surface area contributed by atoms with Crippen LogP contribution in [0.4, 0.5) is 5.69 Å². The zero-order valence-electron chi connectivity index (χ0n) is 11.4. The van der Waals surface area contributed by atoms with Crippen LogP contribution in [0.3, 0.4) is 0 Å². The molecule has 18 heavy (non-hydrogen) atoms. The number of amides is 1. The maximum atomic E-state index is 12.2. The largest absolute Gasteiger partial charge is 0.382 e. The molecule has 2 rings (SSSR count). The van der Waals surface area contributed by atoms with Crippen LogP contribution in [0.5, 0.6) is 0 Å².